The van der Waals surface area contributed by atoms with Crippen molar-refractivity contribution in [3.05, 3.63) is 32.6 Å². The highest BCUT2D eigenvalue weighted by Gasteiger charge is 2.36. The minimum Gasteiger partial charge on any atom is -0.444 e. The van der Waals surface area contributed by atoms with E-state index in [1.807, 2.05) is 0 Å². The number of unbranched alkanes of at least 4 members (excludes halogenated alkanes) is 1. The van der Waals surface area contributed by atoms with Crippen LogP contribution in [0.3, 0.4) is 0 Å². The molecule has 0 aliphatic heterocycles. The molecule has 242 valence electrons. The van der Waals surface area contributed by atoms with Gasteiger partial charge in [-0.25, -0.2) is 9.59 Å². The molecule has 1 heterocycles. The summed E-state index contributed by atoms with van der Waals surface area (Å²) in [7, 11) is 0. The van der Waals surface area contributed by atoms with Gasteiger partial charge in [-0.3, -0.25) is 33.5 Å². The first-order chi connectivity index (χ1) is 19.5. The summed E-state index contributed by atoms with van der Waals surface area (Å²) in [5.74, 6) is -3.08. The number of hydrogen-bond donors (Lipinski definition) is 7. The van der Waals surface area contributed by atoms with E-state index in [2.05, 4.69) is 26.3 Å². The Morgan fingerprint density at radius 2 is 1.53 bits per heavy atom. The van der Waals surface area contributed by atoms with Crippen LogP contribution >= 0.6 is 0 Å². The first kappa shape index (κ1) is 36.8. The zero-order valence-corrected chi connectivity index (χ0v) is 26.1. The van der Waals surface area contributed by atoms with E-state index in [9.17, 15) is 33.6 Å². The molecule has 1 rings (SSSR count). The van der Waals surface area contributed by atoms with E-state index in [-0.39, 0.29) is 25.1 Å². The molecule has 0 aliphatic carbocycles. The number of amides is 5. The highest BCUT2D eigenvalue weighted by molar-refractivity contribution is 5.96. The van der Waals surface area contributed by atoms with Crippen molar-refractivity contribution in [1.82, 2.24) is 30.8 Å². The first-order valence-electron chi connectivity index (χ1n) is 13.8. The summed E-state index contributed by atoms with van der Waals surface area (Å²) < 4.78 is 6.19. The van der Waals surface area contributed by atoms with Crippen LogP contribution in [0.4, 0.5) is 4.79 Å². The van der Waals surface area contributed by atoms with Crippen molar-refractivity contribution in [2.45, 2.75) is 110 Å². The molecule has 0 aromatic carbocycles. The summed E-state index contributed by atoms with van der Waals surface area (Å²) in [6.07, 6.45) is 1.73. The number of carbonyl (C=O) groups excluding carboxylic acids is 5. The Hall–Kier alpha value is -4.21. The van der Waals surface area contributed by atoms with Gasteiger partial charge in [0.2, 0.25) is 23.6 Å². The molecule has 16 heteroatoms. The van der Waals surface area contributed by atoms with Gasteiger partial charge in [-0.2, -0.15) is 0 Å². The van der Waals surface area contributed by atoms with E-state index in [1.165, 1.54) is 40.8 Å². The van der Waals surface area contributed by atoms with Gasteiger partial charge in [-0.15, -0.1) is 0 Å². The van der Waals surface area contributed by atoms with E-state index < -0.39 is 69.7 Å². The second-order valence-electron chi connectivity index (χ2n) is 12.4. The Labute approximate surface area is 250 Å². The van der Waals surface area contributed by atoms with Crippen molar-refractivity contribution in [2.24, 2.45) is 11.5 Å². The lowest BCUT2D eigenvalue weighted by Crippen LogP contribution is -2.63. The molecule has 1 aromatic rings. The number of nitrogens with one attached hydrogen (secondary N) is 5. The van der Waals surface area contributed by atoms with Crippen LogP contribution in [0.2, 0.25) is 0 Å². The van der Waals surface area contributed by atoms with Crippen LogP contribution in [0.1, 0.15) is 73.3 Å². The molecular weight excluding hydrogens is 564 g/mol. The molecule has 0 fully saturated rings. The third-order valence-corrected chi connectivity index (χ3v) is 6.02. The van der Waals surface area contributed by atoms with Crippen LogP contribution in [0.15, 0.2) is 15.8 Å². The second kappa shape index (κ2) is 14.8. The van der Waals surface area contributed by atoms with Crippen LogP contribution in [-0.4, -0.2) is 74.6 Å². The lowest BCUT2D eigenvalue weighted by atomic mass is 10.0. The Morgan fingerprint density at radius 3 is 2.07 bits per heavy atom. The molecule has 0 radical (unpaired) electrons. The molecule has 0 bridgehead atoms. The Morgan fingerprint density at radius 1 is 0.953 bits per heavy atom. The van der Waals surface area contributed by atoms with Crippen molar-refractivity contribution in [3.8, 4) is 0 Å². The largest absolute Gasteiger partial charge is 0.444 e. The van der Waals surface area contributed by atoms with Gasteiger partial charge in [0.1, 0.15) is 23.2 Å². The van der Waals surface area contributed by atoms with Gasteiger partial charge in [0.25, 0.3) is 5.56 Å². The highest BCUT2D eigenvalue weighted by atomic mass is 16.6. The Bertz CT molecular complexity index is 1300. The minimum absolute atomic E-state index is 0.167. The van der Waals surface area contributed by atoms with E-state index in [1.54, 1.807) is 20.8 Å². The summed E-state index contributed by atoms with van der Waals surface area (Å²) >= 11 is 0. The van der Waals surface area contributed by atoms with E-state index in [0.717, 1.165) is 4.57 Å². The summed E-state index contributed by atoms with van der Waals surface area (Å²) in [6, 6.07) is -2.45. The number of H-pyrrole nitrogens is 1. The van der Waals surface area contributed by atoms with Crippen LogP contribution < -0.4 is 44.0 Å². The topological polar surface area (TPSA) is 250 Å². The molecule has 0 saturated heterocycles. The number of carbonyl (C=O) groups is 5. The third kappa shape index (κ3) is 12.7. The maximum atomic E-state index is 13.3. The molecule has 9 N–H and O–H groups in total. The fraction of sp³-hybridized carbons (Fsp3) is 0.667. The fourth-order valence-electron chi connectivity index (χ4n) is 3.54. The smallest absolute Gasteiger partial charge is 0.407 e. The maximum absolute atomic E-state index is 13.3. The second-order valence-corrected chi connectivity index (χ2v) is 12.4. The number of aryl methyl sites for hydroxylation is 1. The fourth-order valence-corrected chi connectivity index (χ4v) is 3.54. The van der Waals surface area contributed by atoms with Gasteiger partial charge in [0.15, 0.2) is 0 Å². The van der Waals surface area contributed by atoms with Gasteiger partial charge >= 0.3 is 11.8 Å². The Balaban J connectivity index is 2.94. The Kier molecular flexibility index (Phi) is 12.7. The molecular formula is C27H46N8O8. The molecule has 1 aromatic heterocycles. The summed E-state index contributed by atoms with van der Waals surface area (Å²) in [5, 5.41) is 10.1. The average Bonchev–Trinajstić information content (AvgIpc) is 2.83. The number of aromatic amines is 1. The molecule has 5 amide bonds. The first-order valence-corrected chi connectivity index (χ1v) is 13.8. The van der Waals surface area contributed by atoms with Crippen molar-refractivity contribution in [1.29, 1.82) is 0 Å². The maximum Gasteiger partial charge on any atom is 0.407 e. The van der Waals surface area contributed by atoms with E-state index in [4.69, 9.17) is 16.2 Å². The van der Waals surface area contributed by atoms with Crippen molar-refractivity contribution in [3.63, 3.8) is 0 Å². The van der Waals surface area contributed by atoms with Gasteiger partial charge < -0.3 is 37.5 Å². The van der Waals surface area contributed by atoms with Gasteiger partial charge in [0.05, 0.1) is 12.1 Å². The molecule has 0 aliphatic rings. The van der Waals surface area contributed by atoms with E-state index >= 15 is 0 Å². The third-order valence-electron chi connectivity index (χ3n) is 6.02. The standard InChI is InChI=1S/C27H46N8O8/c1-15-13-35(23(41)33-19(15)37)14-17(32-21(39)26(5,6)29)20(38)34-27(7,8)22(40)31-16(18(28)36)11-9-10-12-30-24(42)43-25(2,3)4/h13,16-17H,9-12,14,29H2,1-8H3,(H2,28,36)(H,30,42)(H,31,40)(H,32,39)(H,34,38)(H,33,37,41)/t16-,17-/m0/s1. The molecule has 0 unspecified atom stereocenters. The van der Waals surface area contributed by atoms with Gasteiger partial charge in [0, 0.05) is 18.3 Å². The predicted molar refractivity (Wildman–Crippen MR) is 158 cm³/mol. The minimum atomic E-state index is -1.60. The number of rotatable bonds is 14. The number of primary amides is 1. The van der Waals surface area contributed by atoms with Crippen LogP contribution in [-0.2, 0) is 30.5 Å². The molecule has 0 saturated carbocycles. The number of aromatic nitrogens is 2. The number of nitrogens with zero attached hydrogens (tertiary/aromatic N) is 1. The van der Waals surface area contributed by atoms with E-state index in [0.29, 0.717) is 12.8 Å². The van der Waals surface area contributed by atoms with Crippen molar-refractivity contribution < 1.29 is 28.7 Å². The number of hydrogen-bond acceptors (Lipinski definition) is 9. The lowest BCUT2D eigenvalue weighted by molar-refractivity contribution is -0.136. The van der Waals surface area contributed by atoms with Crippen molar-refractivity contribution in [2.75, 3.05) is 6.54 Å². The van der Waals surface area contributed by atoms with Crippen LogP contribution in [0, 0.1) is 6.92 Å². The molecule has 43 heavy (non-hydrogen) atoms. The molecule has 0 spiro atoms. The lowest BCUT2D eigenvalue weighted by Gasteiger charge is -2.30. The van der Waals surface area contributed by atoms with Crippen LogP contribution in [0.25, 0.3) is 0 Å². The number of nitrogens with two attached hydrogens (primary N) is 2. The molecule has 16 nitrogen and oxygen atoms in total. The quantitative estimate of drug-likeness (QED) is 0.123. The number of ether oxygens (including phenoxy) is 1. The average molecular weight is 611 g/mol. The monoisotopic (exact) mass is 610 g/mol. The molecule has 2 atom stereocenters. The summed E-state index contributed by atoms with van der Waals surface area (Å²) in [5.41, 5.74) is 6.50. The summed E-state index contributed by atoms with van der Waals surface area (Å²) in [4.78, 5) is 89.1. The van der Waals surface area contributed by atoms with Gasteiger partial charge in [-0.05, 0) is 74.7 Å². The summed E-state index contributed by atoms with van der Waals surface area (Å²) in [6.45, 7) is 12.2. The van der Waals surface area contributed by atoms with Gasteiger partial charge in [-0.1, -0.05) is 0 Å². The zero-order valence-electron chi connectivity index (χ0n) is 26.1. The highest BCUT2D eigenvalue weighted by Crippen LogP contribution is 2.09. The zero-order chi connectivity index (χ0) is 33.3. The predicted octanol–water partition coefficient (Wildman–Crippen LogP) is -1.37. The van der Waals surface area contributed by atoms with Crippen LogP contribution in [0.5, 0.6) is 0 Å². The SMILES string of the molecule is Cc1cn(C[C@H](NC(=O)C(C)(C)N)C(=O)NC(C)(C)C(=O)N[C@@H](CCCCNC(=O)OC(C)(C)C)C(N)=O)c(=O)[nH]c1=O. The normalized spacial score (nSPS) is 13.3. The van der Waals surface area contributed by atoms with Crippen molar-refractivity contribution >= 4 is 29.7 Å². The number of alkyl carbamates (subject to hydrolysis) is 1.